The molecule has 0 radical (unpaired) electrons. The molecule has 0 N–H and O–H groups in total. The average Bonchev–Trinajstić information content (AvgIpc) is 2.93. The SMILES string of the molecule is Cn1c(C2CC2)nn(CC2CCC2)c1=O. The fourth-order valence-electron chi connectivity index (χ4n) is 2.24. The van der Waals surface area contributed by atoms with Crippen LogP contribution in [-0.2, 0) is 13.6 Å². The van der Waals surface area contributed by atoms with E-state index in [4.69, 9.17) is 0 Å². The van der Waals surface area contributed by atoms with Crippen molar-refractivity contribution in [3.05, 3.63) is 16.3 Å². The predicted octanol–water partition coefficient (Wildman–Crippen LogP) is 1.26. The molecule has 1 aromatic heterocycles. The Hall–Kier alpha value is -1.06. The maximum atomic E-state index is 11.9. The maximum Gasteiger partial charge on any atom is 0.345 e. The summed E-state index contributed by atoms with van der Waals surface area (Å²) in [7, 11) is 1.85. The van der Waals surface area contributed by atoms with Gasteiger partial charge in [-0.2, -0.15) is 5.10 Å². The minimum Gasteiger partial charge on any atom is -0.282 e. The topological polar surface area (TPSA) is 39.8 Å². The third-order valence-electron chi connectivity index (χ3n) is 3.67. The fourth-order valence-corrected chi connectivity index (χ4v) is 2.24. The molecule has 2 aliphatic carbocycles. The Bertz CT molecular complexity index is 424. The minimum absolute atomic E-state index is 0.0730. The monoisotopic (exact) mass is 207 g/mol. The highest BCUT2D eigenvalue weighted by molar-refractivity contribution is 5.04. The van der Waals surface area contributed by atoms with E-state index in [0.717, 1.165) is 12.4 Å². The Labute approximate surface area is 88.9 Å². The third-order valence-corrected chi connectivity index (χ3v) is 3.67. The zero-order chi connectivity index (χ0) is 10.4. The van der Waals surface area contributed by atoms with Crippen LogP contribution in [-0.4, -0.2) is 14.3 Å². The van der Waals surface area contributed by atoms with Gasteiger partial charge >= 0.3 is 5.69 Å². The van der Waals surface area contributed by atoms with Crippen LogP contribution < -0.4 is 5.69 Å². The number of rotatable bonds is 3. The van der Waals surface area contributed by atoms with E-state index in [1.165, 1.54) is 32.1 Å². The molecular weight excluding hydrogens is 190 g/mol. The molecule has 1 heterocycles. The lowest BCUT2D eigenvalue weighted by molar-refractivity contribution is 0.262. The molecule has 82 valence electrons. The third kappa shape index (κ3) is 1.52. The first-order valence-electron chi connectivity index (χ1n) is 5.89. The van der Waals surface area contributed by atoms with Gasteiger partial charge in [0.25, 0.3) is 0 Å². The van der Waals surface area contributed by atoms with Crippen molar-refractivity contribution in [3.8, 4) is 0 Å². The number of hydrogen-bond donors (Lipinski definition) is 0. The number of aromatic nitrogens is 3. The normalized spacial score (nSPS) is 21.7. The van der Waals surface area contributed by atoms with Crippen LogP contribution in [0.4, 0.5) is 0 Å². The molecule has 0 aliphatic heterocycles. The molecule has 4 nitrogen and oxygen atoms in total. The first-order valence-corrected chi connectivity index (χ1v) is 5.89. The maximum absolute atomic E-state index is 11.9. The smallest absolute Gasteiger partial charge is 0.282 e. The first-order chi connectivity index (χ1) is 7.25. The second-order valence-electron chi connectivity index (χ2n) is 4.95. The van der Waals surface area contributed by atoms with E-state index in [0.29, 0.717) is 11.8 Å². The summed E-state index contributed by atoms with van der Waals surface area (Å²) >= 11 is 0. The lowest BCUT2D eigenvalue weighted by Crippen LogP contribution is -2.28. The van der Waals surface area contributed by atoms with Gasteiger partial charge in [0.05, 0.1) is 0 Å². The first kappa shape index (κ1) is 9.19. The van der Waals surface area contributed by atoms with Crippen molar-refractivity contribution in [1.29, 1.82) is 0 Å². The summed E-state index contributed by atoms with van der Waals surface area (Å²) in [4.78, 5) is 11.9. The van der Waals surface area contributed by atoms with Crippen molar-refractivity contribution in [1.82, 2.24) is 14.3 Å². The molecule has 0 bridgehead atoms. The highest BCUT2D eigenvalue weighted by atomic mass is 16.2. The Balaban J connectivity index is 1.86. The van der Waals surface area contributed by atoms with Gasteiger partial charge in [0.15, 0.2) is 0 Å². The molecule has 0 spiro atoms. The second-order valence-corrected chi connectivity index (χ2v) is 4.95. The van der Waals surface area contributed by atoms with E-state index < -0.39 is 0 Å². The molecular formula is C11H17N3O. The Morgan fingerprint density at radius 2 is 2.07 bits per heavy atom. The molecule has 3 rings (SSSR count). The molecule has 0 amide bonds. The molecule has 2 saturated carbocycles. The zero-order valence-electron chi connectivity index (χ0n) is 9.15. The summed E-state index contributed by atoms with van der Waals surface area (Å²) in [5.74, 6) is 2.26. The lowest BCUT2D eigenvalue weighted by atomic mass is 9.85. The predicted molar refractivity (Wildman–Crippen MR) is 56.8 cm³/mol. The van der Waals surface area contributed by atoms with Gasteiger partial charge in [-0.3, -0.25) is 4.57 Å². The highest BCUT2D eigenvalue weighted by Crippen LogP contribution is 2.38. The van der Waals surface area contributed by atoms with Gasteiger partial charge in [-0.15, -0.1) is 0 Å². The van der Waals surface area contributed by atoms with Gasteiger partial charge in [0.2, 0.25) is 0 Å². The molecule has 2 aliphatic rings. The summed E-state index contributed by atoms with van der Waals surface area (Å²) in [6, 6.07) is 0. The van der Waals surface area contributed by atoms with Crippen LogP contribution in [0.3, 0.4) is 0 Å². The molecule has 4 heteroatoms. The average molecular weight is 207 g/mol. The second kappa shape index (κ2) is 3.22. The molecule has 1 aromatic rings. The van der Waals surface area contributed by atoms with Gasteiger partial charge in [-0.1, -0.05) is 6.42 Å². The summed E-state index contributed by atoms with van der Waals surface area (Å²) in [6.07, 6.45) is 6.26. The molecule has 15 heavy (non-hydrogen) atoms. The summed E-state index contributed by atoms with van der Waals surface area (Å²) < 4.78 is 3.41. The molecule has 0 unspecified atom stereocenters. The van der Waals surface area contributed by atoms with Crippen LogP contribution >= 0.6 is 0 Å². The van der Waals surface area contributed by atoms with Crippen molar-refractivity contribution in [3.63, 3.8) is 0 Å². The van der Waals surface area contributed by atoms with Gasteiger partial charge in [0.1, 0.15) is 5.82 Å². The molecule has 0 aromatic carbocycles. The van der Waals surface area contributed by atoms with E-state index in [1.807, 2.05) is 7.05 Å². The van der Waals surface area contributed by atoms with Crippen molar-refractivity contribution < 1.29 is 0 Å². The minimum atomic E-state index is 0.0730. The standard InChI is InChI=1S/C11H17N3O/c1-13-10(9-5-6-9)12-14(11(13)15)7-8-3-2-4-8/h8-9H,2-7H2,1H3. The van der Waals surface area contributed by atoms with Gasteiger partial charge in [-0.25, -0.2) is 9.48 Å². The van der Waals surface area contributed by atoms with E-state index >= 15 is 0 Å². The summed E-state index contributed by atoms with van der Waals surface area (Å²) in [5.41, 5.74) is 0.0730. The lowest BCUT2D eigenvalue weighted by Gasteiger charge is -2.24. The Kier molecular flexibility index (Phi) is 1.97. The van der Waals surface area contributed by atoms with Crippen LogP contribution in [0.2, 0.25) is 0 Å². The van der Waals surface area contributed by atoms with E-state index in [9.17, 15) is 4.79 Å². The Morgan fingerprint density at radius 1 is 1.33 bits per heavy atom. The quantitative estimate of drug-likeness (QED) is 0.748. The molecule has 2 fully saturated rings. The molecule has 0 saturated heterocycles. The van der Waals surface area contributed by atoms with Crippen LogP contribution in [0, 0.1) is 5.92 Å². The van der Waals surface area contributed by atoms with Crippen LogP contribution in [0.25, 0.3) is 0 Å². The van der Waals surface area contributed by atoms with Crippen molar-refractivity contribution in [2.24, 2.45) is 13.0 Å². The van der Waals surface area contributed by atoms with E-state index in [-0.39, 0.29) is 5.69 Å². The number of hydrogen-bond acceptors (Lipinski definition) is 2. The van der Waals surface area contributed by atoms with E-state index in [1.54, 1.807) is 9.25 Å². The zero-order valence-corrected chi connectivity index (χ0v) is 9.15. The van der Waals surface area contributed by atoms with Crippen molar-refractivity contribution in [2.45, 2.75) is 44.6 Å². The fraction of sp³-hybridized carbons (Fsp3) is 0.818. The summed E-state index contributed by atoms with van der Waals surface area (Å²) in [6.45, 7) is 0.833. The van der Waals surface area contributed by atoms with Gasteiger partial charge < -0.3 is 0 Å². The molecule has 0 atom stereocenters. The highest BCUT2D eigenvalue weighted by Gasteiger charge is 2.30. The van der Waals surface area contributed by atoms with Crippen LogP contribution in [0.15, 0.2) is 4.79 Å². The largest absolute Gasteiger partial charge is 0.345 e. The summed E-state index contributed by atoms with van der Waals surface area (Å²) in [5, 5.41) is 4.46. The van der Waals surface area contributed by atoms with Gasteiger partial charge in [-0.05, 0) is 31.6 Å². The Morgan fingerprint density at radius 3 is 2.60 bits per heavy atom. The van der Waals surface area contributed by atoms with E-state index in [2.05, 4.69) is 5.10 Å². The van der Waals surface area contributed by atoms with Crippen molar-refractivity contribution >= 4 is 0 Å². The van der Waals surface area contributed by atoms with Crippen molar-refractivity contribution in [2.75, 3.05) is 0 Å². The van der Waals surface area contributed by atoms with Crippen LogP contribution in [0.5, 0.6) is 0 Å². The van der Waals surface area contributed by atoms with Crippen LogP contribution in [0.1, 0.15) is 43.8 Å². The number of nitrogens with zero attached hydrogens (tertiary/aromatic N) is 3. The van der Waals surface area contributed by atoms with Gasteiger partial charge in [0, 0.05) is 19.5 Å².